The zero-order valence-corrected chi connectivity index (χ0v) is 14.5. The van der Waals surface area contributed by atoms with Crippen LogP contribution >= 0.6 is 15.9 Å². The van der Waals surface area contributed by atoms with Crippen molar-refractivity contribution in [3.05, 3.63) is 15.9 Å². The molecule has 0 amide bonds. The van der Waals surface area contributed by atoms with Crippen LogP contribution in [0.15, 0.2) is 4.47 Å². The molecular weight excluding hydrogens is 302 g/mol. The molecule has 0 aliphatic carbocycles. The molecule has 1 atom stereocenters. The molecule has 0 saturated carbocycles. The highest BCUT2D eigenvalue weighted by molar-refractivity contribution is 9.10. The Labute approximate surface area is 126 Å². The van der Waals surface area contributed by atoms with Gasteiger partial charge in [0.15, 0.2) is 0 Å². The van der Waals surface area contributed by atoms with E-state index >= 15 is 0 Å². The van der Waals surface area contributed by atoms with Crippen molar-refractivity contribution in [2.24, 2.45) is 11.8 Å². The van der Waals surface area contributed by atoms with Gasteiger partial charge in [0.2, 0.25) is 0 Å². The molecule has 0 bridgehead atoms. The summed E-state index contributed by atoms with van der Waals surface area (Å²) in [6.45, 7) is 14.1. The fourth-order valence-corrected chi connectivity index (χ4v) is 2.72. The van der Waals surface area contributed by atoms with Gasteiger partial charge in [0, 0.05) is 6.54 Å². The molecule has 110 valence electrons. The number of rotatable bonds is 8. The normalized spacial score (nSPS) is 13.2. The zero-order valence-electron chi connectivity index (χ0n) is 13.0. The topological polar surface area (TPSA) is 29.9 Å². The van der Waals surface area contributed by atoms with Gasteiger partial charge >= 0.3 is 0 Å². The summed E-state index contributed by atoms with van der Waals surface area (Å²) in [5, 5.41) is 8.15. The molecule has 1 unspecified atom stereocenters. The molecule has 1 aromatic heterocycles. The maximum atomic E-state index is 4.57. The van der Waals surface area contributed by atoms with Crippen LogP contribution in [0.25, 0.3) is 0 Å². The third-order valence-corrected chi connectivity index (χ3v) is 4.53. The van der Waals surface area contributed by atoms with Gasteiger partial charge in [-0.2, -0.15) is 5.10 Å². The summed E-state index contributed by atoms with van der Waals surface area (Å²) in [6.07, 6.45) is 2.29. The average Bonchev–Trinajstić information content (AvgIpc) is 2.64. The van der Waals surface area contributed by atoms with Crippen LogP contribution in [0.1, 0.15) is 45.5 Å². The van der Waals surface area contributed by atoms with Gasteiger partial charge in [0.05, 0.1) is 15.9 Å². The molecule has 0 fully saturated rings. The molecule has 1 heterocycles. The number of nitrogens with zero attached hydrogens (tertiary/aromatic N) is 2. The molecule has 0 aliphatic rings. The van der Waals surface area contributed by atoms with Crippen molar-refractivity contribution < 1.29 is 0 Å². The van der Waals surface area contributed by atoms with Gasteiger partial charge < -0.3 is 5.32 Å². The molecule has 1 rings (SSSR count). The molecule has 0 aromatic carbocycles. The highest BCUT2D eigenvalue weighted by Gasteiger charge is 2.16. The largest absolute Gasteiger partial charge is 0.316 e. The maximum absolute atomic E-state index is 4.57. The van der Waals surface area contributed by atoms with Crippen molar-refractivity contribution in [1.82, 2.24) is 15.1 Å². The first-order valence-electron chi connectivity index (χ1n) is 7.41. The number of nitrogens with one attached hydrogen (secondary N) is 1. The van der Waals surface area contributed by atoms with Crippen LogP contribution in [0, 0.1) is 18.8 Å². The van der Waals surface area contributed by atoms with Crippen LogP contribution in [0.2, 0.25) is 0 Å². The van der Waals surface area contributed by atoms with Gasteiger partial charge in [-0.25, -0.2) is 0 Å². The number of hydrogen-bond acceptors (Lipinski definition) is 2. The zero-order chi connectivity index (χ0) is 14.4. The summed E-state index contributed by atoms with van der Waals surface area (Å²) in [5.41, 5.74) is 2.44. The lowest BCUT2D eigenvalue weighted by Gasteiger charge is -2.17. The number of aryl methyl sites for hydroxylation is 2. The first-order chi connectivity index (χ1) is 8.99. The van der Waals surface area contributed by atoms with E-state index in [0.29, 0.717) is 11.8 Å². The summed E-state index contributed by atoms with van der Waals surface area (Å²) < 4.78 is 3.32. The second-order valence-corrected chi connectivity index (χ2v) is 6.49. The van der Waals surface area contributed by atoms with Crippen molar-refractivity contribution in [3.63, 3.8) is 0 Å². The molecule has 4 heteroatoms. The van der Waals surface area contributed by atoms with E-state index in [1.165, 1.54) is 16.6 Å². The highest BCUT2D eigenvalue weighted by Crippen LogP contribution is 2.24. The predicted molar refractivity (Wildman–Crippen MR) is 85.5 cm³/mol. The lowest BCUT2D eigenvalue weighted by atomic mass is 9.99. The van der Waals surface area contributed by atoms with E-state index in [9.17, 15) is 0 Å². The fraction of sp³-hybridized carbons (Fsp3) is 0.800. The lowest BCUT2D eigenvalue weighted by Crippen LogP contribution is -2.27. The van der Waals surface area contributed by atoms with E-state index in [1.54, 1.807) is 0 Å². The average molecular weight is 330 g/mol. The molecule has 1 N–H and O–H groups in total. The standard InChI is InChI=1S/C15H28BrN3/c1-6-13(10-17-9-11(3)4)8-14-15(16)12(5)18-19(14)7-2/h11,13,17H,6-10H2,1-5H3. The molecule has 0 aliphatic heterocycles. The van der Waals surface area contributed by atoms with Gasteiger partial charge in [0.25, 0.3) is 0 Å². The Hall–Kier alpha value is -0.350. The SMILES string of the molecule is CCC(CNCC(C)C)Cc1c(Br)c(C)nn1CC. The third kappa shape index (κ3) is 4.92. The predicted octanol–water partition coefficient (Wildman–Crippen LogP) is 3.79. The lowest BCUT2D eigenvalue weighted by molar-refractivity contribution is 0.425. The third-order valence-electron chi connectivity index (χ3n) is 3.50. The van der Waals surface area contributed by atoms with Crippen molar-refractivity contribution in [2.45, 2.75) is 54.0 Å². The summed E-state index contributed by atoms with van der Waals surface area (Å²) in [5.74, 6) is 1.39. The van der Waals surface area contributed by atoms with Gasteiger partial charge in [-0.1, -0.05) is 27.2 Å². The van der Waals surface area contributed by atoms with Crippen molar-refractivity contribution in [1.29, 1.82) is 0 Å². The maximum Gasteiger partial charge on any atom is 0.0738 e. The Bertz CT molecular complexity index is 385. The van der Waals surface area contributed by atoms with E-state index in [2.05, 4.69) is 65.6 Å². The molecular formula is C15H28BrN3. The van der Waals surface area contributed by atoms with Crippen LogP contribution < -0.4 is 5.32 Å². The van der Waals surface area contributed by atoms with Crippen molar-refractivity contribution in [3.8, 4) is 0 Å². The van der Waals surface area contributed by atoms with E-state index < -0.39 is 0 Å². The Morgan fingerprint density at radius 2 is 1.95 bits per heavy atom. The number of aromatic nitrogens is 2. The first-order valence-corrected chi connectivity index (χ1v) is 8.21. The number of hydrogen-bond donors (Lipinski definition) is 1. The Balaban J connectivity index is 2.65. The smallest absolute Gasteiger partial charge is 0.0738 e. The second kappa shape index (κ2) is 8.05. The van der Waals surface area contributed by atoms with Crippen LogP contribution in [-0.4, -0.2) is 22.9 Å². The van der Waals surface area contributed by atoms with Gasteiger partial charge in [-0.15, -0.1) is 0 Å². The monoisotopic (exact) mass is 329 g/mol. The van der Waals surface area contributed by atoms with Crippen LogP contribution in [-0.2, 0) is 13.0 Å². The summed E-state index contributed by atoms with van der Waals surface area (Å²) >= 11 is 3.69. The number of halogens is 1. The van der Waals surface area contributed by atoms with Gasteiger partial charge in [0.1, 0.15) is 0 Å². The molecule has 1 aromatic rings. The minimum absolute atomic E-state index is 0.677. The highest BCUT2D eigenvalue weighted by atomic mass is 79.9. The molecule has 3 nitrogen and oxygen atoms in total. The minimum Gasteiger partial charge on any atom is -0.316 e. The van der Waals surface area contributed by atoms with E-state index in [4.69, 9.17) is 0 Å². The molecule has 0 spiro atoms. The van der Waals surface area contributed by atoms with Crippen molar-refractivity contribution >= 4 is 15.9 Å². The first kappa shape index (κ1) is 16.7. The Morgan fingerprint density at radius 3 is 2.47 bits per heavy atom. The van der Waals surface area contributed by atoms with Crippen LogP contribution in [0.3, 0.4) is 0 Å². The Morgan fingerprint density at radius 1 is 1.26 bits per heavy atom. The van der Waals surface area contributed by atoms with E-state index in [1.807, 2.05) is 0 Å². The summed E-state index contributed by atoms with van der Waals surface area (Å²) in [4.78, 5) is 0. The quantitative estimate of drug-likeness (QED) is 0.786. The molecule has 19 heavy (non-hydrogen) atoms. The van der Waals surface area contributed by atoms with Crippen LogP contribution in [0.5, 0.6) is 0 Å². The van der Waals surface area contributed by atoms with Crippen molar-refractivity contribution in [2.75, 3.05) is 13.1 Å². The minimum atomic E-state index is 0.677. The van der Waals surface area contributed by atoms with E-state index in [-0.39, 0.29) is 0 Å². The van der Waals surface area contributed by atoms with E-state index in [0.717, 1.165) is 31.7 Å². The second-order valence-electron chi connectivity index (χ2n) is 5.69. The summed E-state index contributed by atoms with van der Waals surface area (Å²) in [7, 11) is 0. The van der Waals surface area contributed by atoms with Gasteiger partial charge in [-0.05, 0) is 61.1 Å². The molecule has 0 radical (unpaired) electrons. The van der Waals surface area contributed by atoms with Crippen LogP contribution in [0.4, 0.5) is 0 Å². The fourth-order valence-electron chi connectivity index (χ4n) is 2.27. The summed E-state index contributed by atoms with van der Waals surface area (Å²) in [6, 6.07) is 0. The van der Waals surface area contributed by atoms with Gasteiger partial charge in [-0.3, -0.25) is 4.68 Å². The molecule has 0 saturated heterocycles. The Kier molecular flexibility index (Phi) is 7.08.